The Kier molecular flexibility index (Phi) is 12.0. The Morgan fingerprint density at radius 3 is 1.54 bits per heavy atom. The lowest BCUT2D eigenvalue weighted by atomic mass is 9.42. The number of hydrogen-bond donors (Lipinski definition) is 2. The molecule has 332 valence electrons. The number of aliphatic carboxylic acids is 1. The van der Waals surface area contributed by atoms with Crippen LogP contribution in [0.3, 0.4) is 0 Å². The number of esters is 1. The predicted octanol–water partition coefficient (Wildman–Crippen LogP) is 11.1. The van der Waals surface area contributed by atoms with Crippen molar-refractivity contribution in [2.24, 2.45) is 105 Å². The van der Waals surface area contributed by atoms with Crippen molar-refractivity contribution in [2.75, 3.05) is 0 Å². The number of ketones is 2. The first kappa shape index (κ1) is 43.9. The molecule has 8 aliphatic carbocycles. The van der Waals surface area contributed by atoms with Crippen molar-refractivity contribution in [3.05, 3.63) is 0 Å². The van der Waals surface area contributed by atoms with Gasteiger partial charge in [-0.2, -0.15) is 0 Å². The third kappa shape index (κ3) is 6.95. The molecule has 8 fully saturated rings. The maximum absolute atomic E-state index is 14.7. The minimum atomic E-state index is -0.712. The lowest BCUT2D eigenvalue weighted by Gasteiger charge is -2.62. The van der Waals surface area contributed by atoms with Crippen LogP contribution in [0, 0.1) is 105 Å². The van der Waals surface area contributed by atoms with E-state index in [1.807, 2.05) is 0 Å². The number of ether oxygens (including phenoxy) is 1. The summed E-state index contributed by atoms with van der Waals surface area (Å²) in [6.07, 6.45) is 17.9. The molecule has 8 saturated carbocycles. The van der Waals surface area contributed by atoms with Gasteiger partial charge in [0.1, 0.15) is 17.7 Å². The molecule has 0 aliphatic heterocycles. The number of Topliss-reactive ketones (excluding diaryl/α,β-unsaturated/α-hetero) is 2. The summed E-state index contributed by atoms with van der Waals surface area (Å²) in [5.74, 6) is 4.50. The van der Waals surface area contributed by atoms with E-state index in [-0.39, 0.29) is 75.8 Å². The third-order valence-electron chi connectivity index (χ3n) is 21.7. The van der Waals surface area contributed by atoms with Crippen LogP contribution >= 0.6 is 0 Å². The van der Waals surface area contributed by atoms with Crippen LogP contribution in [0.4, 0.5) is 0 Å². The van der Waals surface area contributed by atoms with E-state index in [2.05, 4.69) is 55.4 Å². The Morgan fingerprint density at radius 2 is 1.05 bits per heavy atom. The number of carbonyl (C=O) groups excluding carboxylic acids is 3. The maximum atomic E-state index is 14.7. The van der Waals surface area contributed by atoms with Crippen LogP contribution in [0.25, 0.3) is 0 Å². The average molecular weight is 819 g/mol. The number of aliphatic hydroxyl groups is 1. The molecule has 0 saturated heterocycles. The minimum absolute atomic E-state index is 0.0154. The summed E-state index contributed by atoms with van der Waals surface area (Å²) in [6.45, 7) is 18.9. The van der Waals surface area contributed by atoms with E-state index in [1.165, 1.54) is 6.42 Å². The van der Waals surface area contributed by atoms with Crippen LogP contribution in [-0.4, -0.2) is 45.9 Å². The van der Waals surface area contributed by atoms with Gasteiger partial charge in [0, 0.05) is 36.5 Å². The van der Waals surface area contributed by atoms with E-state index in [4.69, 9.17) is 4.74 Å². The molecule has 0 radical (unpaired) electrons. The van der Waals surface area contributed by atoms with Crippen molar-refractivity contribution in [3.8, 4) is 0 Å². The topological polar surface area (TPSA) is 118 Å². The van der Waals surface area contributed by atoms with Crippen LogP contribution in [0.1, 0.15) is 184 Å². The first-order valence-electron chi connectivity index (χ1n) is 25.1. The summed E-state index contributed by atoms with van der Waals surface area (Å²) in [5.41, 5.74) is 0.448. The Hall–Kier alpha value is -1.76. The highest BCUT2D eigenvalue weighted by atomic mass is 16.5. The lowest BCUT2D eigenvalue weighted by Crippen LogP contribution is -2.60. The summed E-state index contributed by atoms with van der Waals surface area (Å²) in [7, 11) is 0. The molecule has 0 heterocycles. The molecular formula is C52H82O7. The van der Waals surface area contributed by atoms with Gasteiger partial charge in [-0.1, -0.05) is 55.4 Å². The second-order valence-electron chi connectivity index (χ2n) is 23.7. The fraction of sp³-hybridized carbons (Fsp3) is 0.923. The molecule has 59 heavy (non-hydrogen) atoms. The van der Waals surface area contributed by atoms with Gasteiger partial charge < -0.3 is 14.9 Å². The molecule has 7 heteroatoms. The molecule has 0 bridgehead atoms. The number of carboxylic acids is 1. The van der Waals surface area contributed by atoms with Crippen molar-refractivity contribution in [2.45, 2.75) is 196 Å². The van der Waals surface area contributed by atoms with Crippen molar-refractivity contribution in [1.82, 2.24) is 0 Å². The Labute approximate surface area is 357 Å². The summed E-state index contributed by atoms with van der Waals surface area (Å²) in [5, 5.41) is 20.0. The largest absolute Gasteiger partial charge is 0.481 e. The number of aliphatic hydroxyl groups excluding tert-OH is 1. The van der Waals surface area contributed by atoms with Gasteiger partial charge in [0.15, 0.2) is 0 Å². The van der Waals surface area contributed by atoms with E-state index in [0.717, 1.165) is 109 Å². The standard InChI is InChI=1S/C52H82O7/c1-9-33-41-27-31(53)19-23-51(41,7)39-21-25-50(6)36(14-16-37(50)45(39)47(33)57)30(4)12-18-44(56)59-32-20-24-52(8)40-22-26-49(5)35(29(3)11-17-43(54)55)13-15-38(49)46(40)48(58)34(10-2)42(52)28-32/h29-42,45-46,53H,9-28H2,1-8H3,(H,54,55)/t29-,30-,31-,32-,33-,34-,35-,36-,37+,38+,39+,40+,41+,42+,45+,46+,49-,50-,51-,52-/m1/s1. The Balaban J connectivity index is 0.884. The number of carboxylic acid groups (broad SMARTS) is 1. The monoisotopic (exact) mass is 819 g/mol. The molecule has 8 aliphatic rings. The number of rotatable bonds is 11. The smallest absolute Gasteiger partial charge is 0.306 e. The molecule has 0 unspecified atom stereocenters. The van der Waals surface area contributed by atoms with Crippen LogP contribution in [0.15, 0.2) is 0 Å². The Bertz CT molecular complexity index is 1620. The molecule has 7 nitrogen and oxygen atoms in total. The zero-order valence-corrected chi connectivity index (χ0v) is 38.3. The molecule has 0 aromatic carbocycles. The van der Waals surface area contributed by atoms with E-state index < -0.39 is 5.97 Å². The minimum Gasteiger partial charge on any atom is -0.481 e. The van der Waals surface area contributed by atoms with Crippen molar-refractivity contribution < 1.29 is 34.1 Å². The molecule has 0 amide bonds. The zero-order valence-electron chi connectivity index (χ0n) is 38.3. The third-order valence-corrected chi connectivity index (χ3v) is 21.7. The van der Waals surface area contributed by atoms with Crippen molar-refractivity contribution >= 4 is 23.5 Å². The van der Waals surface area contributed by atoms with Crippen LogP contribution in [-0.2, 0) is 23.9 Å². The maximum Gasteiger partial charge on any atom is 0.306 e. The molecule has 0 aromatic heterocycles. The van der Waals surface area contributed by atoms with Crippen LogP contribution < -0.4 is 0 Å². The molecule has 2 N–H and O–H groups in total. The van der Waals surface area contributed by atoms with Crippen LogP contribution in [0.5, 0.6) is 0 Å². The summed E-state index contributed by atoms with van der Waals surface area (Å²) >= 11 is 0. The van der Waals surface area contributed by atoms with Gasteiger partial charge >= 0.3 is 11.9 Å². The number of fused-ring (bicyclic) bond motifs is 10. The highest BCUT2D eigenvalue weighted by molar-refractivity contribution is 5.86. The highest BCUT2D eigenvalue weighted by Gasteiger charge is 2.67. The molecule has 0 aromatic rings. The summed E-state index contributed by atoms with van der Waals surface area (Å²) in [6, 6.07) is 0. The normalized spacial score (nSPS) is 50.0. The van der Waals surface area contributed by atoms with Crippen molar-refractivity contribution in [3.63, 3.8) is 0 Å². The van der Waals surface area contributed by atoms with Gasteiger partial charge in [-0.05, 0) is 196 Å². The molecule has 8 rings (SSSR count). The van der Waals surface area contributed by atoms with Gasteiger partial charge in [0.25, 0.3) is 0 Å². The van der Waals surface area contributed by atoms with Crippen molar-refractivity contribution in [1.29, 1.82) is 0 Å². The van der Waals surface area contributed by atoms with E-state index >= 15 is 0 Å². The predicted molar refractivity (Wildman–Crippen MR) is 230 cm³/mol. The van der Waals surface area contributed by atoms with Gasteiger partial charge in [0.2, 0.25) is 0 Å². The van der Waals surface area contributed by atoms with Gasteiger partial charge in [-0.3, -0.25) is 19.2 Å². The van der Waals surface area contributed by atoms with E-state index in [9.17, 15) is 29.4 Å². The van der Waals surface area contributed by atoms with Gasteiger partial charge in [0.05, 0.1) is 6.10 Å². The fourth-order valence-electron chi connectivity index (χ4n) is 18.7. The van der Waals surface area contributed by atoms with Gasteiger partial charge in [-0.25, -0.2) is 0 Å². The quantitative estimate of drug-likeness (QED) is 0.199. The zero-order chi connectivity index (χ0) is 42.4. The molecule has 20 atom stereocenters. The lowest BCUT2D eigenvalue weighted by molar-refractivity contribution is -0.179. The molecule has 0 spiro atoms. The highest BCUT2D eigenvalue weighted by Crippen LogP contribution is 2.70. The first-order chi connectivity index (χ1) is 27.9. The summed E-state index contributed by atoms with van der Waals surface area (Å²) < 4.78 is 6.38. The second kappa shape index (κ2) is 16.1. The number of hydrogen-bond acceptors (Lipinski definition) is 6. The average Bonchev–Trinajstić information content (AvgIpc) is 3.74. The SMILES string of the molecule is CC[C@H]1C(=O)[C@@H]2[C@H](CC[C@]3(C)[C@@H]([C@H](C)CCC(=O)O[C@@H]4CC[C@]5(C)[C@H]6CC[C@]7(C)[C@@H]([C@H](C)CCC(=O)O)CC[C@H]7[C@@H]6C(=O)[C@H](CC)[C@@H]5C4)CC[C@@H]23)[C@@]2(C)CC[C@@H](O)C[C@@H]12. The fourth-order valence-corrected chi connectivity index (χ4v) is 18.7. The van der Waals surface area contributed by atoms with E-state index in [1.54, 1.807) is 0 Å². The summed E-state index contributed by atoms with van der Waals surface area (Å²) in [4.78, 5) is 54.3. The molecular weight excluding hydrogens is 737 g/mol. The first-order valence-corrected chi connectivity index (χ1v) is 25.1. The second-order valence-corrected chi connectivity index (χ2v) is 23.7. The van der Waals surface area contributed by atoms with Gasteiger partial charge in [-0.15, -0.1) is 0 Å². The number of carbonyl (C=O) groups is 4. The van der Waals surface area contributed by atoms with E-state index in [0.29, 0.717) is 71.2 Å². The Morgan fingerprint density at radius 1 is 0.610 bits per heavy atom. The van der Waals surface area contributed by atoms with Crippen LogP contribution in [0.2, 0.25) is 0 Å².